The van der Waals surface area contributed by atoms with E-state index in [1.165, 1.54) is 0 Å². The zero-order chi connectivity index (χ0) is 18.7. The van der Waals surface area contributed by atoms with Crippen LogP contribution in [0.5, 0.6) is 0 Å². The lowest BCUT2D eigenvalue weighted by molar-refractivity contribution is -0.143. The summed E-state index contributed by atoms with van der Waals surface area (Å²) in [7, 11) is 0. The number of rotatable bonds is 5. The van der Waals surface area contributed by atoms with Crippen molar-refractivity contribution in [3.05, 3.63) is 108 Å². The molecule has 0 bridgehead atoms. The number of hydrogen-bond acceptors (Lipinski definition) is 2. The third kappa shape index (κ3) is 2.94. The van der Waals surface area contributed by atoms with E-state index < -0.39 is 17.6 Å². The molecule has 1 fully saturated rings. The number of hydrogen-bond donors (Lipinski definition) is 1. The lowest BCUT2D eigenvalue weighted by Gasteiger charge is -2.45. The van der Waals surface area contributed by atoms with Gasteiger partial charge in [0.1, 0.15) is 6.04 Å². The van der Waals surface area contributed by atoms with Gasteiger partial charge in [-0.1, -0.05) is 91.0 Å². The highest BCUT2D eigenvalue weighted by Crippen LogP contribution is 2.45. The highest BCUT2D eigenvalue weighted by Gasteiger charge is 2.48. The van der Waals surface area contributed by atoms with Crippen molar-refractivity contribution in [2.75, 3.05) is 6.54 Å². The smallest absolute Gasteiger partial charge is 0.320 e. The third-order valence-corrected chi connectivity index (χ3v) is 5.54. The summed E-state index contributed by atoms with van der Waals surface area (Å²) in [6.45, 7) is 0.746. The van der Waals surface area contributed by atoms with E-state index in [1.807, 2.05) is 54.6 Å². The first-order chi connectivity index (χ1) is 13.2. The second-order valence-corrected chi connectivity index (χ2v) is 7.00. The molecule has 1 atom stereocenters. The van der Waals surface area contributed by atoms with E-state index in [2.05, 4.69) is 41.3 Å². The fourth-order valence-corrected chi connectivity index (χ4v) is 4.46. The van der Waals surface area contributed by atoms with Crippen molar-refractivity contribution in [2.24, 2.45) is 0 Å². The second-order valence-electron chi connectivity index (χ2n) is 7.00. The standard InChI is InChI=1S/C24H23NO2/c26-23(27)22-17-10-18-25(22)24(19-11-4-1-5-12-19,20-13-6-2-7-14-20)21-15-8-3-9-16-21/h1-9,11-16,22H,10,17-18H2,(H,26,27). The maximum absolute atomic E-state index is 12.1. The van der Waals surface area contributed by atoms with Crippen molar-refractivity contribution in [3.63, 3.8) is 0 Å². The van der Waals surface area contributed by atoms with Gasteiger partial charge in [-0.25, -0.2) is 0 Å². The van der Waals surface area contributed by atoms with Crippen LogP contribution in [0.15, 0.2) is 91.0 Å². The minimum atomic E-state index is -0.750. The highest BCUT2D eigenvalue weighted by atomic mass is 16.4. The molecule has 3 nitrogen and oxygen atoms in total. The number of carboxylic acid groups (broad SMARTS) is 1. The molecule has 3 heteroatoms. The molecule has 1 aliphatic heterocycles. The van der Waals surface area contributed by atoms with E-state index in [-0.39, 0.29) is 0 Å². The van der Waals surface area contributed by atoms with Gasteiger partial charge in [-0.05, 0) is 29.5 Å². The normalized spacial score (nSPS) is 17.7. The van der Waals surface area contributed by atoms with E-state index in [4.69, 9.17) is 0 Å². The minimum absolute atomic E-state index is 0.509. The molecular formula is C24H23NO2. The molecule has 136 valence electrons. The van der Waals surface area contributed by atoms with Crippen molar-refractivity contribution in [1.82, 2.24) is 4.90 Å². The summed E-state index contributed by atoms with van der Waals surface area (Å²) < 4.78 is 0. The lowest BCUT2D eigenvalue weighted by atomic mass is 9.75. The van der Waals surface area contributed by atoms with Gasteiger partial charge in [-0.3, -0.25) is 9.69 Å². The summed E-state index contributed by atoms with van der Waals surface area (Å²) in [4.78, 5) is 14.3. The van der Waals surface area contributed by atoms with Crippen LogP contribution in [-0.2, 0) is 10.3 Å². The topological polar surface area (TPSA) is 40.5 Å². The van der Waals surface area contributed by atoms with Crippen LogP contribution >= 0.6 is 0 Å². The number of likely N-dealkylation sites (tertiary alicyclic amines) is 1. The highest BCUT2D eigenvalue weighted by molar-refractivity contribution is 5.74. The van der Waals surface area contributed by atoms with Crippen LogP contribution in [0, 0.1) is 0 Å². The molecule has 0 amide bonds. The van der Waals surface area contributed by atoms with E-state index in [0.29, 0.717) is 6.42 Å². The molecule has 4 rings (SSSR count). The van der Waals surface area contributed by atoms with E-state index >= 15 is 0 Å². The molecule has 1 aliphatic rings. The summed E-state index contributed by atoms with van der Waals surface area (Å²) in [5.41, 5.74) is 2.64. The predicted octanol–water partition coefficient (Wildman–Crippen LogP) is 4.53. The van der Waals surface area contributed by atoms with Gasteiger partial charge >= 0.3 is 5.97 Å². The fraction of sp³-hybridized carbons (Fsp3) is 0.208. The van der Waals surface area contributed by atoms with Gasteiger partial charge in [0, 0.05) is 6.54 Å². The van der Waals surface area contributed by atoms with E-state index in [0.717, 1.165) is 29.7 Å². The quantitative estimate of drug-likeness (QED) is 0.682. The van der Waals surface area contributed by atoms with Gasteiger partial charge < -0.3 is 5.11 Å². The molecule has 3 aromatic rings. The third-order valence-electron chi connectivity index (χ3n) is 5.54. The summed E-state index contributed by atoms with van der Waals surface area (Å²) in [6, 6.07) is 30.3. The number of benzene rings is 3. The van der Waals surface area contributed by atoms with Gasteiger partial charge in [0.25, 0.3) is 0 Å². The van der Waals surface area contributed by atoms with Gasteiger partial charge in [0.05, 0.1) is 5.54 Å². The molecule has 1 unspecified atom stereocenters. The second kappa shape index (κ2) is 7.37. The van der Waals surface area contributed by atoms with E-state index in [9.17, 15) is 9.90 Å². The molecule has 0 spiro atoms. The maximum atomic E-state index is 12.1. The molecule has 1 heterocycles. The van der Waals surface area contributed by atoms with Crippen LogP contribution in [0.4, 0.5) is 0 Å². The van der Waals surface area contributed by atoms with E-state index in [1.54, 1.807) is 0 Å². The van der Waals surface area contributed by atoms with Gasteiger partial charge in [0.2, 0.25) is 0 Å². The first-order valence-corrected chi connectivity index (χ1v) is 9.40. The van der Waals surface area contributed by atoms with Crippen LogP contribution < -0.4 is 0 Å². The molecule has 0 aromatic heterocycles. The van der Waals surface area contributed by atoms with Crippen molar-refractivity contribution < 1.29 is 9.90 Å². The van der Waals surface area contributed by atoms with Crippen molar-refractivity contribution in [1.29, 1.82) is 0 Å². The maximum Gasteiger partial charge on any atom is 0.320 e. The monoisotopic (exact) mass is 357 g/mol. The van der Waals surface area contributed by atoms with Crippen molar-refractivity contribution in [2.45, 2.75) is 24.4 Å². The molecule has 27 heavy (non-hydrogen) atoms. The molecule has 3 aromatic carbocycles. The van der Waals surface area contributed by atoms with Crippen LogP contribution in [0.3, 0.4) is 0 Å². The van der Waals surface area contributed by atoms with Crippen molar-refractivity contribution in [3.8, 4) is 0 Å². The number of carbonyl (C=O) groups is 1. The SMILES string of the molecule is O=C(O)C1CCCN1C(c1ccccc1)(c1ccccc1)c1ccccc1. The average Bonchev–Trinajstić information content (AvgIpc) is 3.22. The zero-order valence-electron chi connectivity index (χ0n) is 15.2. The Kier molecular flexibility index (Phi) is 4.78. The fourth-order valence-electron chi connectivity index (χ4n) is 4.46. The van der Waals surface area contributed by atoms with Crippen LogP contribution in [-0.4, -0.2) is 28.6 Å². The summed E-state index contributed by atoms with van der Waals surface area (Å²) in [6.07, 6.45) is 1.55. The molecule has 0 saturated carbocycles. The Morgan fingerprint density at radius 3 is 1.56 bits per heavy atom. The Bertz CT molecular complexity index is 797. The first kappa shape index (κ1) is 17.5. The number of nitrogens with zero attached hydrogens (tertiary/aromatic N) is 1. The first-order valence-electron chi connectivity index (χ1n) is 9.40. The van der Waals surface area contributed by atoms with Gasteiger partial charge in [-0.15, -0.1) is 0 Å². The predicted molar refractivity (Wildman–Crippen MR) is 107 cm³/mol. The lowest BCUT2D eigenvalue weighted by Crippen LogP contribution is -2.52. The Morgan fingerprint density at radius 2 is 1.19 bits per heavy atom. The van der Waals surface area contributed by atoms with Gasteiger partial charge in [-0.2, -0.15) is 0 Å². The van der Waals surface area contributed by atoms with Crippen LogP contribution in [0.1, 0.15) is 29.5 Å². The summed E-state index contributed by atoms with van der Waals surface area (Å²) in [5.74, 6) is -0.750. The Labute approximate surface area is 159 Å². The molecule has 1 N–H and O–H groups in total. The molecule has 0 radical (unpaired) electrons. The van der Waals surface area contributed by atoms with Crippen LogP contribution in [0.2, 0.25) is 0 Å². The van der Waals surface area contributed by atoms with Gasteiger partial charge in [0.15, 0.2) is 0 Å². The number of carboxylic acids is 1. The summed E-state index contributed by atoms with van der Waals surface area (Å²) >= 11 is 0. The zero-order valence-corrected chi connectivity index (χ0v) is 15.2. The molecule has 0 aliphatic carbocycles. The summed E-state index contributed by atoms with van der Waals surface area (Å²) in [5, 5.41) is 9.95. The Balaban J connectivity index is 2.05. The largest absolute Gasteiger partial charge is 0.480 e. The molecular weight excluding hydrogens is 334 g/mol. The Hall–Kier alpha value is -2.91. The van der Waals surface area contributed by atoms with Crippen LogP contribution in [0.25, 0.3) is 0 Å². The number of aliphatic carboxylic acids is 1. The minimum Gasteiger partial charge on any atom is -0.480 e. The average molecular weight is 357 g/mol. The molecule has 1 saturated heterocycles. The van der Waals surface area contributed by atoms with Crippen molar-refractivity contribution >= 4 is 5.97 Å². The Morgan fingerprint density at radius 1 is 0.778 bits per heavy atom.